The third kappa shape index (κ3) is 1.73. The number of alkyl halides is 1. The Labute approximate surface area is 81.1 Å². The van der Waals surface area contributed by atoms with E-state index >= 15 is 0 Å². The second-order valence-corrected chi connectivity index (χ2v) is 2.83. The van der Waals surface area contributed by atoms with Gasteiger partial charge in [-0.15, -0.1) is 0 Å². The largest absolute Gasteiger partial charge is 0.478 e. The van der Waals surface area contributed by atoms with Gasteiger partial charge in [0.15, 0.2) is 6.07 Å². The highest BCUT2D eigenvalue weighted by Crippen LogP contribution is 2.18. The van der Waals surface area contributed by atoms with Crippen LogP contribution in [0, 0.1) is 0 Å². The number of rotatable bonds is 2. The summed E-state index contributed by atoms with van der Waals surface area (Å²) in [6.07, 6.45) is 1.77. The summed E-state index contributed by atoms with van der Waals surface area (Å²) in [6.45, 7) is 0. The molecule has 1 aromatic carbocycles. The van der Waals surface area contributed by atoms with E-state index in [2.05, 4.69) is 4.98 Å². The first-order chi connectivity index (χ1) is 6.40. The minimum atomic E-state index is 0.172. The van der Waals surface area contributed by atoms with Gasteiger partial charge in [0.1, 0.15) is 5.75 Å². The molecule has 0 saturated heterocycles. The number of benzene rings is 1. The van der Waals surface area contributed by atoms with Crippen molar-refractivity contribution in [1.82, 2.24) is 4.98 Å². The molecule has 2 aromatic rings. The smallest absolute Gasteiger partial charge is 0.162 e. The van der Waals surface area contributed by atoms with Crippen LogP contribution in [-0.4, -0.2) is 11.1 Å². The van der Waals surface area contributed by atoms with Crippen molar-refractivity contribution in [3.8, 4) is 5.75 Å². The molecule has 1 aromatic heterocycles. The second-order valence-electron chi connectivity index (χ2n) is 2.61. The van der Waals surface area contributed by atoms with Crippen molar-refractivity contribution >= 4 is 22.5 Å². The number of hydrogen-bond acceptors (Lipinski definition) is 2. The molecule has 0 N–H and O–H groups in total. The molecule has 0 bridgehead atoms. The average molecular weight is 194 g/mol. The number of hydrogen-bond donors (Lipinski definition) is 0. The molecule has 2 nitrogen and oxygen atoms in total. The van der Waals surface area contributed by atoms with E-state index in [-0.39, 0.29) is 6.07 Å². The quantitative estimate of drug-likeness (QED) is 0.685. The Morgan fingerprint density at radius 3 is 3.08 bits per heavy atom. The first kappa shape index (κ1) is 8.32. The van der Waals surface area contributed by atoms with E-state index < -0.39 is 0 Å². The summed E-state index contributed by atoms with van der Waals surface area (Å²) in [5, 5.41) is 1.06. The van der Waals surface area contributed by atoms with Crippen LogP contribution in [0.15, 0.2) is 36.5 Å². The van der Waals surface area contributed by atoms with E-state index in [0.717, 1.165) is 16.7 Å². The van der Waals surface area contributed by atoms with Crippen LogP contribution in [0.5, 0.6) is 5.75 Å². The van der Waals surface area contributed by atoms with Crippen molar-refractivity contribution in [2.45, 2.75) is 0 Å². The Kier molecular flexibility index (Phi) is 2.32. The highest BCUT2D eigenvalue weighted by molar-refractivity contribution is 6.17. The first-order valence-corrected chi connectivity index (χ1v) is 4.47. The van der Waals surface area contributed by atoms with Crippen LogP contribution in [0.3, 0.4) is 0 Å². The Morgan fingerprint density at radius 2 is 2.23 bits per heavy atom. The normalized spacial score (nSPS) is 10.2. The predicted molar refractivity (Wildman–Crippen MR) is 53.1 cm³/mol. The molecular weight excluding hydrogens is 186 g/mol. The molecule has 0 amide bonds. The molecule has 0 aliphatic carbocycles. The van der Waals surface area contributed by atoms with Crippen molar-refractivity contribution in [2.24, 2.45) is 0 Å². The number of ether oxygens (including phenoxy) is 1. The third-order valence-corrected chi connectivity index (χ3v) is 1.90. The Bertz CT molecular complexity index is 416. The van der Waals surface area contributed by atoms with Crippen LogP contribution in [-0.2, 0) is 0 Å². The zero-order valence-corrected chi connectivity index (χ0v) is 7.66. The van der Waals surface area contributed by atoms with Crippen molar-refractivity contribution < 1.29 is 4.74 Å². The fraction of sp³-hybridized carbons (Fsp3) is 0.100. The number of fused-ring (bicyclic) bond motifs is 1. The van der Waals surface area contributed by atoms with Crippen molar-refractivity contribution in [1.29, 1.82) is 0 Å². The standard InChI is InChI=1S/C10H8ClNO/c11-7-13-9-3-4-10-8(6-9)2-1-5-12-10/h1-6H,7H2. The third-order valence-electron chi connectivity index (χ3n) is 1.80. The van der Waals surface area contributed by atoms with Gasteiger partial charge in [0.25, 0.3) is 0 Å². The molecule has 13 heavy (non-hydrogen) atoms. The topological polar surface area (TPSA) is 22.1 Å². The highest BCUT2D eigenvalue weighted by Gasteiger charge is 1.95. The lowest BCUT2D eigenvalue weighted by atomic mass is 10.2. The van der Waals surface area contributed by atoms with E-state index in [4.69, 9.17) is 16.3 Å². The lowest BCUT2D eigenvalue weighted by Gasteiger charge is -2.02. The lowest BCUT2D eigenvalue weighted by Crippen LogP contribution is -1.88. The summed E-state index contributed by atoms with van der Waals surface area (Å²) in [4.78, 5) is 4.19. The van der Waals surface area contributed by atoms with Crippen LogP contribution < -0.4 is 4.74 Å². The second kappa shape index (κ2) is 3.62. The molecule has 0 saturated carbocycles. The van der Waals surface area contributed by atoms with E-state index in [0.29, 0.717) is 0 Å². The predicted octanol–water partition coefficient (Wildman–Crippen LogP) is 2.81. The van der Waals surface area contributed by atoms with Gasteiger partial charge in [0.2, 0.25) is 0 Å². The molecule has 0 unspecified atom stereocenters. The van der Waals surface area contributed by atoms with Crippen molar-refractivity contribution in [3.05, 3.63) is 36.5 Å². The van der Waals surface area contributed by atoms with Crippen molar-refractivity contribution in [2.75, 3.05) is 6.07 Å². The lowest BCUT2D eigenvalue weighted by molar-refractivity contribution is 0.388. The van der Waals surface area contributed by atoms with Crippen LogP contribution in [0.1, 0.15) is 0 Å². The van der Waals surface area contributed by atoms with Gasteiger partial charge in [0.05, 0.1) is 5.52 Å². The van der Waals surface area contributed by atoms with Gasteiger partial charge in [-0.1, -0.05) is 17.7 Å². The Balaban J connectivity index is 2.49. The fourth-order valence-corrected chi connectivity index (χ4v) is 1.33. The van der Waals surface area contributed by atoms with E-state index in [1.54, 1.807) is 6.20 Å². The Morgan fingerprint density at radius 1 is 1.31 bits per heavy atom. The molecule has 66 valence electrons. The number of pyridine rings is 1. The minimum absolute atomic E-state index is 0.172. The number of nitrogens with zero attached hydrogens (tertiary/aromatic N) is 1. The van der Waals surface area contributed by atoms with Gasteiger partial charge in [-0.3, -0.25) is 4.98 Å². The molecule has 0 radical (unpaired) electrons. The molecule has 3 heteroatoms. The maximum absolute atomic E-state index is 5.45. The molecule has 0 aliphatic heterocycles. The maximum Gasteiger partial charge on any atom is 0.162 e. The SMILES string of the molecule is ClCOc1ccc2ncccc2c1. The van der Waals surface area contributed by atoms with Gasteiger partial charge in [0, 0.05) is 11.6 Å². The number of aromatic nitrogens is 1. The summed E-state index contributed by atoms with van der Waals surface area (Å²) < 4.78 is 5.15. The maximum atomic E-state index is 5.45. The Hall–Kier alpha value is -1.28. The van der Waals surface area contributed by atoms with Crippen LogP contribution in [0.25, 0.3) is 10.9 Å². The monoisotopic (exact) mass is 193 g/mol. The van der Waals surface area contributed by atoms with E-state index in [1.165, 1.54) is 0 Å². The number of halogens is 1. The first-order valence-electron chi connectivity index (χ1n) is 3.94. The van der Waals surface area contributed by atoms with Gasteiger partial charge >= 0.3 is 0 Å². The zero-order valence-electron chi connectivity index (χ0n) is 6.90. The summed E-state index contributed by atoms with van der Waals surface area (Å²) in [6, 6.07) is 9.75. The molecule has 2 rings (SSSR count). The van der Waals surface area contributed by atoms with Gasteiger partial charge in [-0.25, -0.2) is 0 Å². The van der Waals surface area contributed by atoms with Gasteiger partial charge in [-0.05, 0) is 24.3 Å². The summed E-state index contributed by atoms with van der Waals surface area (Å²) in [5.74, 6) is 0.774. The molecular formula is C10H8ClNO. The van der Waals surface area contributed by atoms with Gasteiger partial charge in [-0.2, -0.15) is 0 Å². The van der Waals surface area contributed by atoms with Crippen LogP contribution >= 0.6 is 11.6 Å². The molecule has 0 atom stereocenters. The van der Waals surface area contributed by atoms with Crippen LogP contribution in [0.2, 0.25) is 0 Å². The van der Waals surface area contributed by atoms with Crippen molar-refractivity contribution in [3.63, 3.8) is 0 Å². The van der Waals surface area contributed by atoms with Gasteiger partial charge < -0.3 is 4.74 Å². The highest BCUT2D eigenvalue weighted by atomic mass is 35.5. The average Bonchev–Trinajstić information content (AvgIpc) is 2.18. The summed E-state index contributed by atoms with van der Waals surface area (Å²) in [5.41, 5.74) is 0.962. The molecule has 0 aliphatic rings. The summed E-state index contributed by atoms with van der Waals surface area (Å²) >= 11 is 5.45. The fourth-order valence-electron chi connectivity index (χ4n) is 1.21. The van der Waals surface area contributed by atoms with E-state index in [1.807, 2.05) is 30.3 Å². The van der Waals surface area contributed by atoms with E-state index in [9.17, 15) is 0 Å². The molecule has 1 heterocycles. The minimum Gasteiger partial charge on any atom is -0.478 e. The zero-order chi connectivity index (χ0) is 9.10. The van der Waals surface area contributed by atoms with Crippen LogP contribution in [0.4, 0.5) is 0 Å². The summed E-state index contributed by atoms with van der Waals surface area (Å²) in [7, 11) is 0. The molecule has 0 spiro atoms. The molecule has 0 fully saturated rings.